The zero-order chi connectivity index (χ0) is 18.0. The first-order chi connectivity index (χ1) is 11.9. The van der Waals surface area contributed by atoms with E-state index in [9.17, 15) is 9.90 Å². The second kappa shape index (κ2) is 7.83. The van der Waals surface area contributed by atoms with E-state index < -0.39 is 0 Å². The molecule has 1 amide bonds. The number of nitrogens with zero attached hydrogens (tertiary/aromatic N) is 4. The molecule has 2 atom stereocenters. The number of hydrogen-bond donors (Lipinski definition) is 1. The molecule has 0 bridgehead atoms. The molecule has 1 N–H and O–H groups in total. The molecule has 2 fully saturated rings. The van der Waals surface area contributed by atoms with Gasteiger partial charge in [0.05, 0.1) is 12.1 Å². The number of piperidine rings is 1. The Morgan fingerprint density at radius 3 is 2.68 bits per heavy atom. The third-order valence-corrected chi connectivity index (χ3v) is 5.25. The minimum Gasteiger partial charge on any atom is -0.392 e. The molecule has 0 unspecified atom stereocenters. The first kappa shape index (κ1) is 18.3. The van der Waals surface area contributed by atoms with E-state index in [-0.39, 0.29) is 18.1 Å². The van der Waals surface area contributed by atoms with E-state index in [1.807, 2.05) is 11.8 Å². The standard InChI is InChI=1S/C18H30N4O3/c1-12(2)8-17(24)21-6-4-14(5-7-21)10-22-11-15(23)9-16(22)18-19-13(3)20-25-18/h12,14-16,23H,4-11H2,1-3H3/t15-,16+/m0/s1. The molecule has 7 nitrogen and oxygen atoms in total. The summed E-state index contributed by atoms with van der Waals surface area (Å²) in [4.78, 5) is 20.8. The summed E-state index contributed by atoms with van der Waals surface area (Å²) in [7, 11) is 0. The van der Waals surface area contributed by atoms with E-state index in [2.05, 4.69) is 28.9 Å². The number of likely N-dealkylation sites (tertiary alicyclic amines) is 2. The molecule has 2 aliphatic heterocycles. The summed E-state index contributed by atoms with van der Waals surface area (Å²) in [6, 6.07) is 0.0109. The maximum atomic E-state index is 12.2. The van der Waals surface area contributed by atoms with Gasteiger partial charge in [-0.1, -0.05) is 19.0 Å². The number of aliphatic hydroxyl groups is 1. The molecule has 0 aromatic carbocycles. The minimum atomic E-state index is -0.343. The molecule has 0 saturated carbocycles. The zero-order valence-electron chi connectivity index (χ0n) is 15.5. The van der Waals surface area contributed by atoms with E-state index in [1.165, 1.54) is 0 Å². The fourth-order valence-corrected chi connectivity index (χ4v) is 3.96. The molecule has 0 spiro atoms. The number of β-amino-alcohol motifs (C(OH)–C–C–N with tert-alkyl or cyclic N) is 1. The topological polar surface area (TPSA) is 82.7 Å². The van der Waals surface area contributed by atoms with Crippen LogP contribution in [0.5, 0.6) is 0 Å². The smallest absolute Gasteiger partial charge is 0.244 e. The molecule has 3 heterocycles. The van der Waals surface area contributed by atoms with Crippen LogP contribution in [0.15, 0.2) is 4.52 Å². The number of aliphatic hydroxyl groups excluding tert-OH is 1. The summed E-state index contributed by atoms with van der Waals surface area (Å²) in [6.07, 6.45) is 2.98. The molecular formula is C18H30N4O3. The number of hydrogen-bond acceptors (Lipinski definition) is 6. The summed E-state index contributed by atoms with van der Waals surface area (Å²) >= 11 is 0. The SMILES string of the molecule is Cc1noc([C@H]2C[C@H](O)CN2CC2CCN(C(=O)CC(C)C)CC2)n1. The molecule has 25 heavy (non-hydrogen) atoms. The van der Waals surface area contributed by atoms with Crippen molar-refractivity contribution >= 4 is 5.91 Å². The van der Waals surface area contributed by atoms with Crippen LogP contribution in [-0.4, -0.2) is 63.2 Å². The van der Waals surface area contributed by atoms with Crippen molar-refractivity contribution in [2.24, 2.45) is 11.8 Å². The number of amides is 1. The first-order valence-electron chi connectivity index (χ1n) is 9.42. The van der Waals surface area contributed by atoms with Crippen molar-refractivity contribution < 1.29 is 14.4 Å². The molecule has 7 heteroatoms. The van der Waals surface area contributed by atoms with Crippen LogP contribution in [0.4, 0.5) is 0 Å². The number of aryl methyl sites for hydroxylation is 1. The van der Waals surface area contributed by atoms with E-state index in [0.29, 0.717) is 42.9 Å². The second-order valence-electron chi connectivity index (χ2n) is 7.96. The van der Waals surface area contributed by atoms with Crippen LogP contribution in [-0.2, 0) is 4.79 Å². The normalized spacial score (nSPS) is 25.9. The highest BCUT2D eigenvalue weighted by Crippen LogP contribution is 2.33. The Hall–Kier alpha value is -1.47. The van der Waals surface area contributed by atoms with Gasteiger partial charge in [-0.2, -0.15) is 4.98 Å². The van der Waals surface area contributed by atoms with E-state index in [4.69, 9.17) is 4.52 Å². The fourth-order valence-electron chi connectivity index (χ4n) is 3.96. The summed E-state index contributed by atoms with van der Waals surface area (Å²) < 4.78 is 5.33. The van der Waals surface area contributed by atoms with E-state index in [1.54, 1.807) is 0 Å². The number of carbonyl (C=O) groups is 1. The Morgan fingerprint density at radius 1 is 1.36 bits per heavy atom. The lowest BCUT2D eigenvalue weighted by molar-refractivity contribution is -0.133. The Bertz CT molecular complexity index is 581. The molecule has 3 rings (SSSR count). The van der Waals surface area contributed by atoms with Crippen molar-refractivity contribution in [2.75, 3.05) is 26.2 Å². The number of carbonyl (C=O) groups excluding carboxylic acids is 1. The van der Waals surface area contributed by atoms with Crippen LogP contribution in [0.1, 0.15) is 57.3 Å². The van der Waals surface area contributed by atoms with Crippen molar-refractivity contribution in [3.8, 4) is 0 Å². The number of aromatic nitrogens is 2. The van der Waals surface area contributed by atoms with Crippen molar-refractivity contribution in [1.82, 2.24) is 19.9 Å². The van der Waals surface area contributed by atoms with E-state index in [0.717, 1.165) is 32.5 Å². The fraction of sp³-hybridized carbons (Fsp3) is 0.833. The average molecular weight is 350 g/mol. The van der Waals surface area contributed by atoms with Gasteiger partial charge >= 0.3 is 0 Å². The van der Waals surface area contributed by atoms with Crippen molar-refractivity contribution in [2.45, 2.75) is 58.6 Å². The second-order valence-corrected chi connectivity index (χ2v) is 7.96. The van der Waals surface area contributed by atoms with Gasteiger partial charge in [-0.25, -0.2) is 0 Å². The maximum Gasteiger partial charge on any atom is 0.244 e. The van der Waals surface area contributed by atoms with Crippen molar-refractivity contribution in [3.05, 3.63) is 11.7 Å². The summed E-state index contributed by atoms with van der Waals surface area (Å²) in [6.45, 7) is 9.24. The van der Waals surface area contributed by atoms with Gasteiger partial charge in [0.15, 0.2) is 5.82 Å². The number of rotatable bonds is 5. The van der Waals surface area contributed by atoms with Crippen LogP contribution in [0.25, 0.3) is 0 Å². The predicted octanol–water partition coefficient (Wildman–Crippen LogP) is 1.77. The molecule has 0 aliphatic carbocycles. The summed E-state index contributed by atoms with van der Waals surface area (Å²) in [5.41, 5.74) is 0. The Labute approximate surface area is 149 Å². The van der Waals surface area contributed by atoms with Crippen LogP contribution in [0.3, 0.4) is 0 Å². The van der Waals surface area contributed by atoms with Gasteiger partial charge in [0.1, 0.15) is 0 Å². The Balaban J connectivity index is 1.53. The van der Waals surface area contributed by atoms with Crippen LogP contribution >= 0.6 is 0 Å². The lowest BCUT2D eigenvalue weighted by atomic mass is 9.95. The lowest BCUT2D eigenvalue weighted by Crippen LogP contribution is -2.42. The van der Waals surface area contributed by atoms with Crippen LogP contribution < -0.4 is 0 Å². The molecule has 2 saturated heterocycles. The van der Waals surface area contributed by atoms with Gasteiger partial charge in [-0.3, -0.25) is 9.69 Å². The van der Waals surface area contributed by atoms with Gasteiger partial charge < -0.3 is 14.5 Å². The molecule has 0 radical (unpaired) electrons. The molecular weight excluding hydrogens is 320 g/mol. The third kappa shape index (κ3) is 4.58. The third-order valence-electron chi connectivity index (χ3n) is 5.25. The largest absolute Gasteiger partial charge is 0.392 e. The summed E-state index contributed by atoms with van der Waals surface area (Å²) in [5, 5.41) is 14.0. The van der Waals surface area contributed by atoms with Crippen molar-refractivity contribution in [1.29, 1.82) is 0 Å². The Morgan fingerprint density at radius 2 is 2.08 bits per heavy atom. The minimum absolute atomic E-state index is 0.0109. The van der Waals surface area contributed by atoms with Gasteiger partial charge in [-0.15, -0.1) is 0 Å². The monoisotopic (exact) mass is 350 g/mol. The van der Waals surface area contributed by atoms with Gasteiger partial charge in [-0.05, 0) is 38.0 Å². The lowest BCUT2D eigenvalue weighted by Gasteiger charge is -2.35. The van der Waals surface area contributed by atoms with Crippen LogP contribution in [0.2, 0.25) is 0 Å². The molecule has 1 aromatic heterocycles. The maximum absolute atomic E-state index is 12.2. The van der Waals surface area contributed by atoms with Crippen molar-refractivity contribution in [3.63, 3.8) is 0 Å². The van der Waals surface area contributed by atoms with Gasteiger partial charge in [0.2, 0.25) is 11.8 Å². The summed E-state index contributed by atoms with van der Waals surface area (Å²) in [5.74, 6) is 2.48. The molecule has 140 valence electrons. The molecule has 1 aromatic rings. The van der Waals surface area contributed by atoms with Crippen LogP contribution in [0, 0.1) is 18.8 Å². The average Bonchev–Trinajstić information content (AvgIpc) is 3.13. The Kier molecular flexibility index (Phi) is 5.74. The quantitative estimate of drug-likeness (QED) is 0.871. The first-order valence-corrected chi connectivity index (χ1v) is 9.42. The van der Waals surface area contributed by atoms with Gasteiger partial charge in [0.25, 0.3) is 0 Å². The highest BCUT2D eigenvalue weighted by molar-refractivity contribution is 5.76. The highest BCUT2D eigenvalue weighted by Gasteiger charge is 2.37. The van der Waals surface area contributed by atoms with Gasteiger partial charge in [0, 0.05) is 32.6 Å². The highest BCUT2D eigenvalue weighted by atomic mass is 16.5. The predicted molar refractivity (Wildman–Crippen MR) is 92.7 cm³/mol. The van der Waals surface area contributed by atoms with E-state index >= 15 is 0 Å². The zero-order valence-corrected chi connectivity index (χ0v) is 15.5. The molecule has 2 aliphatic rings.